The van der Waals surface area contributed by atoms with Crippen molar-refractivity contribution in [1.29, 1.82) is 5.26 Å². The molecule has 0 bridgehead atoms. The van der Waals surface area contributed by atoms with Crippen LogP contribution in [0.2, 0.25) is 0 Å². The van der Waals surface area contributed by atoms with Crippen LogP contribution in [0.3, 0.4) is 0 Å². The Labute approximate surface area is 120 Å². The van der Waals surface area contributed by atoms with E-state index in [-0.39, 0.29) is 6.61 Å². The molecule has 0 aromatic carbocycles. The van der Waals surface area contributed by atoms with Gasteiger partial charge in [-0.05, 0) is 25.3 Å². The van der Waals surface area contributed by atoms with Gasteiger partial charge in [0, 0.05) is 10.6 Å². The number of carbonyl (C=O) groups excluding carboxylic acids is 2. The third-order valence-corrected chi connectivity index (χ3v) is 3.90. The molecule has 0 N–H and O–H groups in total. The van der Waals surface area contributed by atoms with E-state index >= 15 is 0 Å². The van der Waals surface area contributed by atoms with Gasteiger partial charge in [-0.15, -0.1) is 11.3 Å². The molecular formula is C13H13N3O3S. The number of rotatable bonds is 2. The Morgan fingerprint density at radius 3 is 2.95 bits per heavy atom. The second-order valence-corrected chi connectivity index (χ2v) is 5.15. The SMILES string of the molecule is CCOC(=O)N1C(=O)N=C(C)C(C#N)C1c1cccs1. The van der Waals surface area contributed by atoms with E-state index in [1.165, 1.54) is 11.3 Å². The summed E-state index contributed by atoms with van der Waals surface area (Å²) in [5.41, 5.74) is 0.413. The summed E-state index contributed by atoms with van der Waals surface area (Å²) in [6.07, 6.45) is -0.771. The highest BCUT2D eigenvalue weighted by Crippen LogP contribution is 2.36. The number of amides is 3. The van der Waals surface area contributed by atoms with Crippen LogP contribution in [0.25, 0.3) is 0 Å². The Kier molecular flexibility index (Phi) is 4.15. The van der Waals surface area contributed by atoms with E-state index in [1.807, 2.05) is 11.4 Å². The van der Waals surface area contributed by atoms with Gasteiger partial charge in [-0.1, -0.05) is 6.07 Å². The summed E-state index contributed by atoms with van der Waals surface area (Å²) in [6.45, 7) is 3.43. The molecule has 0 spiro atoms. The first-order valence-electron chi connectivity index (χ1n) is 6.08. The molecule has 2 heterocycles. The van der Waals surface area contributed by atoms with Gasteiger partial charge in [-0.3, -0.25) is 0 Å². The maximum absolute atomic E-state index is 12.0. The van der Waals surface area contributed by atoms with Crippen LogP contribution in [-0.4, -0.2) is 29.3 Å². The quantitative estimate of drug-likeness (QED) is 0.838. The predicted molar refractivity (Wildman–Crippen MR) is 73.5 cm³/mol. The van der Waals surface area contributed by atoms with Crippen LogP contribution in [0, 0.1) is 17.2 Å². The molecule has 1 aromatic rings. The Balaban J connectivity index is 2.48. The third kappa shape index (κ3) is 2.42. The molecule has 2 atom stereocenters. The Morgan fingerprint density at radius 1 is 1.65 bits per heavy atom. The van der Waals surface area contributed by atoms with E-state index < -0.39 is 24.1 Å². The summed E-state index contributed by atoms with van der Waals surface area (Å²) in [5, 5.41) is 11.2. The Bertz CT molecular complexity index is 589. The number of nitriles is 1. The number of aliphatic imine (C=N–C) groups is 1. The van der Waals surface area contributed by atoms with Crippen molar-refractivity contribution in [2.75, 3.05) is 6.61 Å². The topological polar surface area (TPSA) is 82.8 Å². The van der Waals surface area contributed by atoms with E-state index in [4.69, 9.17) is 4.74 Å². The van der Waals surface area contributed by atoms with Gasteiger partial charge in [0.15, 0.2) is 0 Å². The van der Waals surface area contributed by atoms with Crippen molar-refractivity contribution >= 4 is 29.2 Å². The maximum Gasteiger partial charge on any atom is 0.418 e. The van der Waals surface area contributed by atoms with E-state index in [9.17, 15) is 14.9 Å². The lowest BCUT2D eigenvalue weighted by Crippen LogP contribution is -2.46. The van der Waals surface area contributed by atoms with Crippen LogP contribution in [0.5, 0.6) is 0 Å². The molecule has 3 amide bonds. The average molecular weight is 291 g/mol. The van der Waals surface area contributed by atoms with Crippen LogP contribution in [-0.2, 0) is 4.74 Å². The molecule has 0 saturated heterocycles. The molecule has 0 saturated carbocycles. The zero-order valence-corrected chi connectivity index (χ0v) is 11.9. The summed E-state index contributed by atoms with van der Waals surface area (Å²) in [6, 6.07) is 4.35. The largest absolute Gasteiger partial charge is 0.449 e. The Morgan fingerprint density at radius 2 is 2.40 bits per heavy atom. The van der Waals surface area contributed by atoms with Gasteiger partial charge in [-0.25, -0.2) is 19.5 Å². The normalized spacial score (nSPS) is 22.1. The number of hydrogen-bond acceptors (Lipinski definition) is 5. The third-order valence-electron chi connectivity index (χ3n) is 2.96. The average Bonchev–Trinajstić information content (AvgIpc) is 2.91. The fourth-order valence-electron chi connectivity index (χ4n) is 2.07. The molecule has 1 aliphatic heterocycles. The van der Waals surface area contributed by atoms with Crippen molar-refractivity contribution < 1.29 is 14.3 Å². The highest BCUT2D eigenvalue weighted by molar-refractivity contribution is 7.10. The van der Waals surface area contributed by atoms with Crippen molar-refractivity contribution in [1.82, 2.24) is 4.90 Å². The highest BCUT2D eigenvalue weighted by atomic mass is 32.1. The van der Waals surface area contributed by atoms with Crippen molar-refractivity contribution in [2.45, 2.75) is 19.9 Å². The second-order valence-electron chi connectivity index (χ2n) is 4.17. The fourth-order valence-corrected chi connectivity index (χ4v) is 2.92. The van der Waals surface area contributed by atoms with Crippen LogP contribution >= 0.6 is 11.3 Å². The highest BCUT2D eigenvalue weighted by Gasteiger charge is 2.43. The van der Waals surface area contributed by atoms with Crippen LogP contribution in [0.15, 0.2) is 22.5 Å². The van der Waals surface area contributed by atoms with E-state index in [0.29, 0.717) is 5.71 Å². The zero-order valence-electron chi connectivity index (χ0n) is 11.1. The standard InChI is InChI=1S/C13H13N3O3S/c1-3-19-13(18)16-11(10-5-4-6-20-10)9(7-14)8(2)15-12(16)17/h4-6,9,11H,3H2,1-2H3. The van der Waals surface area contributed by atoms with Gasteiger partial charge in [0.2, 0.25) is 0 Å². The summed E-state index contributed by atoms with van der Waals surface area (Å²) in [4.78, 5) is 29.5. The van der Waals surface area contributed by atoms with Crippen molar-refractivity contribution in [3.8, 4) is 6.07 Å². The molecule has 0 radical (unpaired) electrons. The molecule has 1 aliphatic rings. The number of thiophene rings is 1. The molecule has 2 unspecified atom stereocenters. The fraction of sp³-hybridized carbons (Fsp3) is 0.385. The van der Waals surface area contributed by atoms with Gasteiger partial charge in [0.1, 0.15) is 12.0 Å². The summed E-state index contributed by atoms with van der Waals surface area (Å²) in [5.74, 6) is -0.657. The van der Waals surface area contributed by atoms with Crippen LogP contribution in [0.4, 0.5) is 9.59 Å². The molecule has 104 valence electrons. The molecule has 1 aromatic heterocycles. The first-order chi connectivity index (χ1) is 9.60. The predicted octanol–water partition coefficient (Wildman–Crippen LogP) is 2.98. The molecule has 6 nitrogen and oxygen atoms in total. The lowest BCUT2D eigenvalue weighted by atomic mass is 9.92. The van der Waals surface area contributed by atoms with Crippen LogP contribution < -0.4 is 0 Å². The summed E-state index contributed by atoms with van der Waals surface area (Å²) in [7, 11) is 0. The molecule has 2 rings (SSSR count). The number of ether oxygens (including phenoxy) is 1. The van der Waals surface area contributed by atoms with Gasteiger partial charge in [-0.2, -0.15) is 5.26 Å². The number of nitrogens with zero attached hydrogens (tertiary/aromatic N) is 3. The van der Waals surface area contributed by atoms with E-state index in [2.05, 4.69) is 11.1 Å². The molecular weight excluding hydrogens is 278 g/mol. The first-order valence-corrected chi connectivity index (χ1v) is 6.96. The lowest BCUT2D eigenvalue weighted by molar-refractivity contribution is 0.0988. The minimum absolute atomic E-state index is 0.152. The van der Waals surface area contributed by atoms with Gasteiger partial charge in [0.05, 0.1) is 12.7 Å². The number of imide groups is 1. The number of carbonyl (C=O) groups is 2. The number of hydrogen-bond donors (Lipinski definition) is 0. The van der Waals surface area contributed by atoms with Crippen molar-refractivity contribution in [2.24, 2.45) is 10.9 Å². The Hall–Kier alpha value is -2.20. The minimum Gasteiger partial charge on any atom is -0.449 e. The monoisotopic (exact) mass is 291 g/mol. The maximum atomic E-state index is 12.0. The molecule has 0 aliphatic carbocycles. The van der Waals surface area contributed by atoms with E-state index in [1.54, 1.807) is 19.9 Å². The van der Waals surface area contributed by atoms with Crippen LogP contribution in [0.1, 0.15) is 24.8 Å². The van der Waals surface area contributed by atoms with Gasteiger partial charge < -0.3 is 4.74 Å². The lowest BCUT2D eigenvalue weighted by Gasteiger charge is -2.33. The summed E-state index contributed by atoms with van der Waals surface area (Å²) >= 11 is 1.38. The van der Waals surface area contributed by atoms with E-state index in [0.717, 1.165) is 9.78 Å². The first kappa shape index (κ1) is 14.2. The molecule has 20 heavy (non-hydrogen) atoms. The van der Waals surface area contributed by atoms with Crippen molar-refractivity contribution in [3.05, 3.63) is 22.4 Å². The van der Waals surface area contributed by atoms with Gasteiger partial charge in [0.25, 0.3) is 0 Å². The second kappa shape index (κ2) is 5.84. The zero-order chi connectivity index (χ0) is 14.7. The van der Waals surface area contributed by atoms with Crippen molar-refractivity contribution in [3.63, 3.8) is 0 Å². The molecule has 7 heteroatoms. The minimum atomic E-state index is -0.771. The number of urea groups is 1. The summed E-state index contributed by atoms with van der Waals surface area (Å²) < 4.78 is 4.90. The van der Waals surface area contributed by atoms with Gasteiger partial charge >= 0.3 is 12.1 Å². The molecule has 0 fully saturated rings. The smallest absolute Gasteiger partial charge is 0.418 e.